The maximum Gasteiger partial charge on any atom is 0.184 e. The third-order valence-corrected chi connectivity index (χ3v) is 5.74. The predicted molar refractivity (Wildman–Crippen MR) is 80.5 cm³/mol. The van der Waals surface area contributed by atoms with E-state index < -0.39 is 9.84 Å². The first-order valence-corrected chi connectivity index (χ1v) is 8.64. The Balaban J connectivity index is 2.76. The number of nitrogens with two attached hydrogens (primary N) is 1. The van der Waals surface area contributed by atoms with Crippen molar-refractivity contribution in [1.82, 2.24) is 9.27 Å². The number of likely N-dealkylation sites (N-methyl/N-ethyl adjacent to an activating group) is 1. The van der Waals surface area contributed by atoms with E-state index >= 15 is 0 Å². The van der Waals surface area contributed by atoms with Crippen LogP contribution in [0.1, 0.15) is 20.8 Å². The molecule has 0 unspecified atom stereocenters. The molecule has 0 aliphatic heterocycles. The summed E-state index contributed by atoms with van der Waals surface area (Å²) in [6.45, 7) is 7.29. The summed E-state index contributed by atoms with van der Waals surface area (Å²) in [7, 11) is -1.31. The maximum absolute atomic E-state index is 11.9. The Labute approximate surface area is 119 Å². The van der Waals surface area contributed by atoms with Gasteiger partial charge >= 0.3 is 0 Å². The first-order valence-electron chi connectivity index (χ1n) is 6.21. The number of anilines is 2. The largest absolute Gasteiger partial charge is 0.382 e. The van der Waals surface area contributed by atoms with Crippen LogP contribution in [0.2, 0.25) is 0 Å². The van der Waals surface area contributed by atoms with Crippen LogP contribution in [0.4, 0.5) is 10.8 Å². The van der Waals surface area contributed by atoms with Gasteiger partial charge < -0.3 is 16.0 Å². The molecule has 0 amide bonds. The van der Waals surface area contributed by atoms with E-state index in [1.807, 2.05) is 7.05 Å². The lowest BCUT2D eigenvalue weighted by atomic mass is 10.3. The molecule has 0 saturated heterocycles. The van der Waals surface area contributed by atoms with E-state index in [4.69, 9.17) is 5.73 Å². The monoisotopic (exact) mass is 306 g/mol. The standard InChI is InChI=1S/C11H22N4O2S2/c1-5-19(16,17)9-10(12)14-18-11(9)13-6-7-15(4)8(2)3/h8,13H,5-7H2,1-4H3,(H2,12,14). The van der Waals surface area contributed by atoms with E-state index in [0.717, 1.165) is 18.1 Å². The van der Waals surface area contributed by atoms with Crippen molar-refractivity contribution in [3.8, 4) is 0 Å². The number of nitrogens with one attached hydrogen (secondary N) is 1. The fraction of sp³-hybridized carbons (Fsp3) is 0.727. The van der Waals surface area contributed by atoms with Gasteiger partial charge in [-0.2, -0.15) is 4.37 Å². The van der Waals surface area contributed by atoms with Gasteiger partial charge in [-0.05, 0) is 32.4 Å². The average molecular weight is 306 g/mol. The van der Waals surface area contributed by atoms with Gasteiger partial charge in [-0.3, -0.25) is 0 Å². The van der Waals surface area contributed by atoms with Gasteiger partial charge in [-0.1, -0.05) is 6.92 Å². The van der Waals surface area contributed by atoms with Gasteiger partial charge in [-0.25, -0.2) is 8.42 Å². The third kappa shape index (κ3) is 4.05. The first-order chi connectivity index (χ1) is 8.79. The molecule has 0 spiro atoms. The fourth-order valence-electron chi connectivity index (χ4n) is 1.46. The van der Waals surface area contributed by atoms with Crippen LogP contribution in [0, 0.1) is 0 Å². The summed E-state index contributed by atoms with van der Waals surface area (Å²) in [4.78, 5) is 2.32. The van der Waals surface area contributed by atoms with Crippen LogP contribution < -0.4 is 11.1 Å². The van der Waals surface area contributed by atoms with Crippen molar-refractivity contribution in [1.29, 1.82) is 0 Å². The molecule has 1 aromatic rings. The number of hydrogen-bond acceptors (Lipinski definition) is 7. The molecule has 3 N–H and O–H groups in total. The van der Waals surface area contributed by atoms with Gasteiger partial charge in [0.05, 0.1) is 5.75 Å². The van der Waals surface area contributed by atoms with Gasteiger partial charge in [0.1, 0.15) is 9.90 Å². The Hall–Kier alpha value is -0.860. The molecule has 110 valence electrons. The predicted octanol–water partition coefficient (Wildman–Crippen LogP) is 1.27. The molecule has 1 aromatic heterocycles. The minimum absolute atomic E-state index is 0.0240. The second kappa shape index (κ2) is 6.53. The zero-order valence-electron chi connectivity index (χ0n) is 11.8. The topological polar surface area (TPSA) is 88.3 Å². The van der Waals surface area contributed by atoms with E-state index in [0.29, 0.717) is 17.6 Å². The summed E-state index contributed by atoms with van der Waals surface area (Å²) < 4.78 is 27.8. The Bertz CT molecular complexity index is 511. The van der Waals surface area contributed by atoms with E-state index in [2.05, 4.69) is 28.4 Å². The average Bonchev–Trinajstić information content (AvgIpc) is 2.71. The van der Waals surface area contributed by atoms with Gasteiger partial charge in [0, 0.05) is 19.1 Å². The van der Waals surface area contributed by atoms with Crippen LogP contribution in [0.25, 0.3) is 0 Å². The van der Waals surface area contributed by atoms with E-state index in [-0.39, 0.29) is 16.5 Å². The van der Waals surface area contributed by atoms with Crippen LogP contribution in [-0.4, -0.2) is 49.6 Å². The van der Waals surface area contributed by atoms with Crippen molar-refractivity contribution in [3.05, 3.63) is 0 Å². The number of nitrogens with zero attached hydrogens (tertiary/aromatic N) is 2. The highest BCUT2D eigenvalue weighted by Crippen LogP contribution is 2.31. The van der Waals surface area contributed by atoms with Crippen molar-refractivity contribution in [2.24, 2.45) is 0 Å². The second-order valence-electron chi connectivity index (χ2n) is 4.63. The Morgan fingerprint density at radius 3 is 2.63 bits per heavy atom. The van der Waals surface area contributed by atoms with Gasteiger partial charge in [0.2, 0.25) is 0 Å². The smallest absolute Gasteiger partial charge is 0.184 e. The molecule has 0 saturated carbocycles. The van der Waals surface area contributed by atoms with E-state index in [9.17, 15) is 8.42 Å². The third-order valence-electron chi connectivity index (χ3n) is 3.00. The molecule has 0 aliphatic carbocycles. The molecular formula is C11H22N4O2S2. The molecule has 0 radical (unpaired) electrons. The quantitative estimate of drug-likeness (QED) is 0.789. The molecule has 0 aliphatic rings. The van der Waals surface area contributed by atoms with Crippen LogP contribution in [0.3, 0.4) is 0 Å². The summed E-state index contributed by atoms with van der Waals surface area (Å²) >= 11 is 1.09. The summed E-state index contributed by atoms with van der Waals surface area (Å²) in [6, 6.07) is 0.451. The molecule has 1 heterocycles. The Morgan fingerprint density at radius 2 is 2.11 bits per heavy atom. The highest BCUT2D eigenvalue weighted by Gasteiger charge is 2.23. The van der Waals surface area contributed by atoms with E-state index in [1.165, 1.54) is 0 Å². The van der Waals surface area contributed by atoms with Crippen LogP contribution in [-0.2, 0) is 9.84 Å². The normalized spacial score (nSPS) is 12.3. The molecular weight excluding hydrogens is 284 g/mol. The minimum atomic E-state index is -3.34. The highest BCUT2D eigenvalue weighted by molar-refractivity contribution is 7.91. The Kier molecular flexibility index (Phi) is 5.57. The highest BCUT2D eigenvalue weighted by atomic mass is 32.2. The van der Waals surface area contributed by atoms with E-state index in [1.54, 1.807) is 6.92 Å². The van der Waals surface area contributed by atoms with Crippen molar-refractivity contribution in [2.75, 3.05) is 36.9 Å². The van der Waals surface area contributed by atoms with Gasteiger partial charge in [-0.15, -0.1) is 0 Å². The zero-order chi connectivity index (χ0) is 14.6. The van der Waals surface area contributed by atoms with Crippen molar-refractivity contribution in [2.45, 2.75) is 31.7 Å². The first kappa shape index (κ1) is 16.2. The van der Waals surface area contributed by atoms with Crippen LogP contribution >= 0.6 is 11.5 Å². The van der Waals surface area contributed by atoms with Gasteiger partial charge in [0.15, 0.2) is 15.7 Å². The van der Waals surface area contributed by atoms with Crippen molar-refractivity contribution < 1.29 is 8.42 Å². The second-order valence-corrected chi connectivity index (χ2v) is 7.62. The fourth-order valence-corrected chi connectivity index (χ4v) is 3.65. The molecule has 6 nitrogen and oxygen atoms in total. The molecule has 0 fully saturated rings. The summed E-state index contributed by atoms with van der Waals surface area (Å²) in [5.74, 6) is 0.113. The lowest BCUT2D eigenvalue weighted by Gasteiger charge is -2.21. The molecule has 8 heteroatoms. The van der Waals surface area contributed by atoms with Gasteiger partial charge in [0.25, 0.3) is 0 Å². The summed E-state index contributed by atoms with van der Waals surface area (Å²) in [5.41, 5.74) is 5.65. The van der Waals surface area contributed by atoms with Crippen LogP contribution in [0.15, 0.2) is 4.90 Å². The van der Waals surface area contributed by atoms with Crippen LogP contribution in [0.5, 0.6) is 0 Å². The number of aromatic nitrogens is 1. The molecule has 0 aromatic carbocycles. The zero-order valence-corrected chi connectivity index (χ0v) is 13.4. The maximum atomic E-state index is 11.9. The number of nitrogen functional groups attached to an aromatic ring is 1. The number of sulfone groups is 1. The molecule has 19 heavy (non-hydrogen) atoms. The van der Waals surface area contributed by atoms with Crippen molar-refractivity contribution in [3.63, 3.8) is 0 Å². The van der Waals surface area contributed by atoms with Crippen molar-refractivity contribution >= 4 is 32.2 Å². The summed E-state index contributed by atoms with van der Waals surface area (Å²) in [5, 5.41) is 3.65. The number of hydrogen-bond donors (Lipinski definition) is 2. The molecule has 1 rings (SSSR count). The lowest BCUT2D eigenvalue weighted by molar-refractivity contribution is 0.284. The minimum Gasteiger partial charge on any atom is -0.382 e. The number of rotatable bonds is 7. The lowest BCUT2D eigenvalue weighted by Crippen LogP contribution is -2.31. The Morgan fingerprint density at radius 1 is 1.47 bits per heavy atom. The summed E-state index contributed by atoms with van der Waals surface area (Å²) in [6.07, 6.45) is 0. The SMILES string of the molecule is CCS(=O)(=O)c1c(N)nsc1NCCN(C)C(C)C. The molecule has 0 bridgehead atoms. The molecule has 0 atom stereocenters.